The Morgan fingerprint density at radius 2 is 1.88 bits per heavy atom. The molecule has 168 valence electrons. The second-order valence-electron chi connectivity index (χ2n) is 8.31. The Balaban J connectivity index is 1.38. The van der Waals surface area contributed by atoms with Crippen molar-refractivity contribution in [2.75, 3.05) is 31.1 Å². The average molecular weight is 445 g/mol. The molecule has 2 aliphatic rings. The van der Waals surface area contributed by atoms with Gasteiger partial charge in [0.1, 0.15) is 23.1 Å². The fraction of sp³-hybridized carbons (Fsp3) is 0.231. The summed E-state index contributed by atoms with van der Waals surface area (Å²) in [7, 11) is 0. The van der Waals surface area contributed by atoms with Gasteiger partial charge in [0.15, 0.2) is 5.76 Å². The standard InChI is InChI=1S/C26H24FN3O3/c1-17-14-21(31)19(16-29-10-12-30(13-11-29)23-8-4-5-9-28-23)26-24(17)25(32)22(33-26)15-18-6-2-3-7-20(18)27/h2-9,14-15,31H,10-13,16H2,1H3/b22-15-. The number of phenolic OH excluding ortho intramolecular Hbond substituents is 1. The number of carbonyl (C=O) groups excluding carboxylic acids is 1. The molecule has 5 rings (SSSR count). The molecule has 3 aromatic rings. The minimum Gasteiger partial charge on any atom is -0.507 e. The van der Waals surface area contributed by atoms with Crippen LogP contribution in [0.5, 0.6) is 11.5 Å². The number of benzene rings is 2. The SMILES string of the molecule is Cc1cc(O)c(CN2CCN(c3ccccn3)CC2)c2c1C(=O)/C(=C/c1ccccc1F)O2. The average Bonchev–Trinajstić information content (AvgIpc) is 3.15. The minimum absolute atomic E-state index is 0.0602. The number of hydrogen-bond acceptors (Lipinski definition) is 6. The van der Waals surface area contributed by atoms with Crippen LogP contribution in [0.25, 0.3) is 6.08 Å². The van der Waals surface area contributed by atoms with E-state index in [1.807, 2.05) is 18.2 Å². The Labute approximate surface area is 191 Å². The van der Waals surface area contributed by atoms with Gasteiger partial charge in [-0.25, -0.2) is 9.37 Å². The first-order valence-corrected chi connectivity index (χ1v) is 10.9. The largest absolute Gasteiger partial charge is 0.507 e. The van der Waals surface area contributed by atoms with E-state index in [-0.39, 0.29) is 22.9 Å². The van der Waals surface area contributed by atoms with Gasteiger partial charge in [-0.05, 0) is 42.8 Å². The zero-order valence-electron chi connectivity index (χ0n) is 18.3. The highest BCUT2D eigenvalue weighted by Gasteiger charge is 2.34. The third kappa shape index (κ3) is 4.07. The molecule has 1 fully saturated rings. The normalized spacial score (nSPS) is 17.3. The summed E-state index contributed by atoms with van der Waals surface area (Å²) in [6.45, 7) is 5.40. The van der Waals surface area contributed by atoms with Crippen molar-refractivity contribution in [2.45, 2.75) is 13.5 Å². The molecule has 2 aliphatic heterocycles. The van der Waals surface area contributed by atoms with Crippen molar-refractivity contribution in [1.29, 1.82) is 0 Å². The summed E-state index contributed by atoms with van der Waals surface area (Å²) in [5.41, 5.74) is 1.92. The smallest absolute Gasteiger partial charge is 0.232 e. The second kappa shape index (κ2) is 8.67. The van der Waals surface area contributed by atoms with Gasteiger partial charge >= 0.3 is 0 Å². The quantitative estimate of drug-likeness (QED) is 0.608. The molecule has 3 heterocycles. The molecule has 7 heteroatoms. The fourth-order valence-electron chi connectivity index (χ4n) is 4.37. The van der Waals surface area contributed by atoms with Gasteiger partial charge in [-0.15, -0.1) is 0 Å². The molecule has 0 atom stereocenters. The lowest BCUT2D eigenvalue weighted by atomic mass is 9.99. The summed E-state index contributed by atoms with van der Waals surface area (Å²) in [6, 6.07) is 13.7. The molecule has 1 aromatic heterocycles. The molecule has 0 aliphatic carbocycles. The van der Waals surface area contributed by atoms with Crippen LogP contribution in [0.2, 0.25) is 0 Å². The van der Waals surface area contributed by atoms with Crippen molar-refractivity contribution in [3.8, 4) is 11.5 Å². The number of ketones is 1. The molecule has 0 spiro atoms. The highest BCUT2D eigenvalue weighted by atomic mass is 19.1. The van der Waals surface area contributed by atoms with Crippen LogP contribution >= 0.6 is 0 Å². The molecule has 0 saturated carbocycles. The first kappa shape index (κ1) is 21.2. The first-order valence-electron chi connectivity index (χ1n) is 10.9. The van der Waals surface area contributed by atoms with Gasteiger partial charge in [0, 0.05) is 44.5 Å². The lowest BCUT2D eigenvalue weighted by Gasteiger charge is -2.35. The predicted molar refractivity (Wildman–Crippen MR) is 124 cm³/mol. The number of carbonyl (C=O) groups is 1. The summed E-state index contributed by atoms with van der Waals surface area (Å²) in [4.78, 5) is 21.9. The Kier molecular flexibility index (Phi) is 5.56. The predicted octanol–water partition coefficient (Wildman–Crippen LogP) is 4.17. The molecule has 1 N–H and O–H groups in total. The van der Waals surface area contributed by atoms with Crippen LogP contribution < -0.4 is 9.64 Å². The number of phenols is 1. The number of anilines is 1. The molecule has 6 nitrogen and oxygen atoms in total. The number of aromatic nitrogens is 1. The van der Waals surface area contributed by atoms with Crippen LogP contribution in [0.15, 0.2) is 60.5 Å². The number of halogens is 1. The Bertz CT molecular complexity index is 1240. The van der Waals surface area contributed by atoms with Crippen LogP contribution in [-0.2, 0) is 6.54 Å². The Hall–Kier alpha value is -3.71. The number of nitrogens with zero attached hydrogens (tertiary/aromatic N) is 3. The van der Waals surface area contributed by atoms with Gasteiger partial charge < -0.3 is 14.7 Å². The van der Waals surface area contributed by atoms with E-state index in [2.05, 4.69) is 14.8 Å². The molecule has 33 heavy (non-hydrogen) atoms. The van der Waals surface area contributed by atoms with Gasteiger partial charge in [-0.1, -0.05) is 24.3 Å². The van der Waals surface area contributed by atoms with E-state index in [4.69, 9.17) is 4.74 Å². The Morgan fingerprint density at radius 3 is 2.61 bits per heavy atom. The van der Waals surface area contributed by atoms with E-state index in [0.29, 0.717) is 29.0 Å². The van der Waals surface area contributed by atoms with Gasteiger partial charge in [-0.3, -0.25) is 9.69 Å². The Morgan fingerprint density at radius 1 is 1.12 bits per heavy atom. The molecular weight excluding hydrogens is 421 g/mol. The summed E-state index contributed by atoms with van der Waals surface area (Å²) in [5.74, 6) is 0.749. The van der Waals surface area contributed by atoms with Crippen molar-refractivity contribution in [3.05, 3.63) is 88.6 Å². The maximum absolute atomic E-state index is 14.1. The molecule has 1 saturated heterocycles. The molecule has 0 unspecified atom stereocenters. The summed E-state index contributed by atoms with van der Waals surface area (Å²) < 4.78 is 20.1. The number of aryl methyl sites for hydroxylation is 1. The topological polar surface area (TPSA) is 65.9 Å². The molecule has 0 amide bonds. The van der Waals surface area contributed by atoms with Gasteiger partial charge in [-0.2, -0.15) is 0 Å². The lowest BCUT2D eigenvalue weighted by molar-refractivity contribution is 0.101. The van der Waals surface area contributed by atoms with Crippen LogP contribution in [-0.4, -0.2) is 47.0 Å². The zero-order valence-corrected chi connectivity index (χ0v) is 18.3. The number of Topliss-reactive ketones (excluding diaryl/α,β-unsaturated/α-hetero) is 1. The molecule has 0 radical (unpaired) electrons. The molecule has 0 bridgehead atoms. The van der Waals surface area contributed by atoms with Gasteiger partial charge in [0.25, 0.3) is 0 Å². The fourth-order valence-corrected chi connectivity index (χ4v) is 4.37. The number of ether oxygens (including phenoxy) is 1. The highest BCUT2D eigenvalue weighted by molar-refractivity contribution is 6.15. The third-order valence-electron chi connectivity index (χ3n) is 6.14. The number of piperazine rings is 1. The number of rotatable bonds is 4. The zero-order chi connectivity index (χ0) is 22.9. The van der Waals surface area contributed by atoms with Crippen LogP contribution in [0.3, 0.4) is 0 Å². The van der Waals surface area contributed by atoms with Crippen molar-refractivity contribution in [1.82, 2.24) is 9.88 Å². The number of fused-ring (bicyclic) bond motifs is 1. The van der Waals surface area contributed by atoms with Gasteiger partial charge in [0.05, 0.1) is 11.1 Å². The van der Waals surface area contributed by atoms with E-state index in [9.17, 15) is 14.3 Å². The van der Waals surface area contributed by atoms with Crippen LogP contribution in [0.4, 0.5) is 10.2 Å². The lowest BCUT2D eigenvalue weighted by Crippen LogP contribution is -2.46. The summed E-state index contributed by atoms with van der Waals surface area (Å²) in [6.07, 6.45) is 3.21. The maximum atomic E-state index is 14.1. The van der Waals surface area contributed by atoms with E-state index in [1.54, 1.807) is 37.4 Å². The van der Waals surface area contributed by atoms with E-state index < -0.39 is 5.82 Å². The van der Waals surface area contributed by atoms with Crippen LogP contribution in [0, 0.1) is 12.7 Å². The minimum atomic E-state index is -0.428. The number of hydrogen-bond donors (Lipinski definition) is 1. The van der Waals surface area contributed by atoms with Crippen LogP contribution in [0.1, 0.15) is 27.0 Å². The molecule has 2 aromatic carbocycles. The van der Waals surface area contributed by atoms with E-state index in [0.717, 1.165) is 32.0 Å². The van der Waals surface area contributed by atoms with Crippen molar-refractivity contribution >= 4 is 17.7 Å². The monoisotopic (exact) mass is 445 g/mol. The second-order valence-corrected chi connectivity index (χ2v) is 8.31. The number of aromatic hydroxyl groups is 1. The van der Waals surface area contributed by atoms with Crippen molar-refractivity contribution < 1.29 is 19.0 Å². The maximum Gasteiger partial charge on any atom is 0.232 e. The summed E-state index contributed by atoms with van der Waals surface area (Å²) in [5, 5.41) is 10.7. The van der Waals surface area contributed by atoms with Crippen molar-refractivity contribution in [2.24, 2.45) is 0 Å². The molecular formula is C26H24FN3O3. The number of pyridine rings is 1. The van der Waals surface area contributed by atoms with Gasteiger partial charge in [0.2, 0.25) is 5.78 Å². The number of allylic oxidation sites excluding steroid dienone is 1. The summed E-state index contributed by atoms with van der Waals surface area (Å²) >= 11 is 0. The van der Waals surface area contributed by atoms with Crippen molar-refractivity contribution in [3.63, 3.8) is 0 Å². The van der Waals surface area contributed by atoms with E-state index in [1.165, 1.54) is 12.1 Å². The highest BCUT2D eigenvalue weighted by Crippen LogP contribution is 2.42. The van der Waals surface area contributed by atoms with E-state index >= 15 is 0 Å². The first-order chi connectivity index (χ1) is 16.0. The third-order valence-corrected chi connectivity index (χ3v) is 6.14.